The van der Waals surface area contributed by atoms with Crippen molar-refractivity contribution < 1.29 is 9.21 Å². The third-order valence-corrected chi connectivity index (χ3v) is 4.84. The zero-order valence-electron chi connectivity index (χ0n) is 14.3. The molecular formula is C19H21N3O2S. The zero-order chi connectivity index (χ0) is 17.6. The molecule has 1 aromatic carbocycles. The molecular weight excluding hydrogens is 334 g/mol. The van der Waals surface area contributed by atoms with Gasteiger partial charge in [-0.25, -0.2) is 4.98 Å². The van der Waals surface area contributed by atoms with Crippen LogP contribution in [0.4, 0.5) is 0 Å². The number of imidazole rings is 1. The Morgan fingerprint density at radius 3 is 2.80 bits per heavy atom. The minimum atomic E-state index is -0.245. The maximum absolute atomic E-state index is 12.2. The summed E-state index contributed by atoms with van der Waals surface area (Å²) in [6.45, 7) is 4.28. The Morgan fingerprint density at radius 2 is 2.08 bits per heavy atom. The third kappa shape index (κ3) is 4.76. The van der Waals surface area contributed by atoms with E-state index in [1.807, 2.05) is 38.1 Å². The number of amides is 1. The van der Waals surface area contributed by atoms with Crippen molar-refractivity contribution >= 4 is 17.7 Å². The van der Waals surface area contributed by atoms with Gasteiger partial charge in [-0.3, -0.25) is 4.79 Å². The van der Waals surface area contributed by atoms with E-state index in [-0.39, 0.29) is 11.2 Å². The Balaban J connectivity index is 1.57. The van der Waals surface area contributed by atoms with E-state index in [0.29, 0.717) is 6.54 Å². The highest BCUT2D eigenvalue weighted by Crippen LogP contribution is 2.23. The summed E-state index contributed by atoms with van der Waals surface area (Å²) in [7, 11) is 0. The number of H-pyrrole nitrogens is 1. The molecule has 0 saturated carbocycles. The molecule has 0 fully saturated rings. The molecule has 1 atom stereocenters. The van der Waals surface area contributed by atoms with E-state index in [0.717, 1.165) is 28.7 Å². The minimum Gasteiger partial charge on any atom is -0.467 e. The first kappa shape index (κ1) is 17.4. The van der Waals surface area contributed by atoms with Gasteiger partial charge in [0.15, 0.2) is 5.16 Å². The van der Waals surface area contributed by atoms with Crippen molar-refractivity contribution in [2.45, 2.75) is 37.2 Å². The number of carbonyl (C=O) groups excluding carboxylic acids is 1. The Kier molecular flexibility index (Phi) is 5.60. The fraction of sp³-hybridized carbons (Fsp3) is 0.263. The van der Waals surface area contributed by atoms with Crippen molar-refractivity contribution in [3.05, 3.63) is 71.4 Å². The van der Waals surface area contributed by atoms with Crippen LogP contribution < -0.4 is 5.32 Å². The molecule has 2 heterocycles. The number of aryl methyl sites for hydroxylation is 1. The number of hydrogen-bond donors (Lipinski definition) is 2. The molecule has 5 nitrogen and oxygen atoms in total. The Bertz CT molecular complexity index is 813. The number of aromatic nitrogens is 2. The molecule has 1 amide bonds. The van der Waals surface area contributed by atoms with Crippen LogP contribution in [0.3, 0.4) is 0 Å². The summed E-state index contributed by atoms with van der Waals surface area (Å²) in [5.74, 6) is 0.699. The second-order valence-corrected chi connectivity index (χ2v) is 7.16. The smallest absolute Gasteiger partial charge is 0.233 e. The van der Waals surface area contributed by atoms with Crippen LogP contribution in [0.5, 0.6) is 0 Å². The molecule has 0 aliphatic carbocycles. The van der Waals surface area contributed by atoms with Gasteiger partial charge < -0.3 is 14.7 Å². The van der Waals surface area contributed by atoms with Crippen molar-refractivity contribution in [1.29, 1.82) is 0 Å². The number of nitrogens with zero attached hydrogens (tertiary/aromatic N) is 1. The van der Waals surface area contributed by atoms with Crippen LogP contribution in [0.15, 0.2) is 58.3 Å². The number of furan rings is 1. The summed E-state index contributed by atoms with van der Waals surface area (Å²) in [5.41, 5.74) is 3.27. The topological polar surface area (TPSA) is 70.9 Å². The normalized spacial score (nSPS) is 12.1. The van der Waals surface area contributed by atoms with Gasteiger partial charge in [-0.1, -0.05) is 42.1 Å². The summed E-state index contributed by atoms with van der Waals surface area (Å²) in [4.78, 5) is 20.1. The lowest BCUT2D eigenvalue weighted by atomic mass is 10.1. The van der Waals surface area contributed by atoms with Gasteiger partial charge >= 0.3 is 0 Å². The molecule has 0 spiro atoms. The molecule has 3 rings (SSSR count). The molecule has 2 N–H and O–H groups in total. The SMILES string of the molecule is Cc1[nH]c(S[C@H](C)C(=O)NCc2ccco2)nc1Cc1ccccc1. The standard InChI is InChI=1S/C19H21N3O2S/c1-13-17(11-15-7-4-3-5-8-15)22-19(21-13)25-14(2)18(23)20-12-16-9-6-10-24-16/h3-10,14H,11-12H2,1-2H3,(H,20,23)(H,21,22)/t14-/m1/s1. The fourth-order valence-corrected chi connectivity index (χ4v) is 3.34. The van der Waals surface area contributed by atoms with E-state index in [2.05, 4.69) is 27.4 Å². The number of carbonyl (C=O) groups is 1. The molecule has 0 aliphatic heterocycles. The van der Waals surface area contributed by atoms with E-state index >= 15 is 0 Å². The lowest BCUT2D eigenvalue weighted by molar-refractivity contribution is -0.120. The van der Waals surface area contributed by atoms with Crippen LogP contribution in [0.2, 0.25) is 0 Å². The molecule has 3 aromatic rings. The number of nitrogens with one attached hydrogen (secondary N) is 2. The molecule has 130 valence electrons. The van der Waals surface area contributed by atoms with Gasteiger partial charge in [0, 0.05) is 12.1 Å². The van der Waals surface area contributed by atoms with Crippen LogP contribution in [-0.2, 0) is 17.8 Å². The van der Waals surface area contributed by atoms with E-state index in [1.54, 1.807) is 12.3 Å². The van der Waals surface area contributed by atoms with Crippen molar-refractivity contribution in [3.63, 3.8) is 0 Å². The van der Waals surface area contributed by atoms with Crippen LogP contribution in [0.25, 0.3) is 0 Å². The number of benzene rings is 1. The fourth-order valence-electron chi connectivity index (χ4n) is 2.44. The van der Waals surface area contributed by atoms with E-state index in [4.69, 9.17) is 4.42 Å². The molecule has 2 aromatic heterocycles. The highest BCUT2D eigenvalue weighted by atomic mass is 32.2. The van der Waals surface area contributed by atoms with Gasteiger partial charge in [-0.2, -0.15) is 0 Å². The third-order valence-electron chi connectivity index (χ3n) is 3.85. The van der Waals surface area contributed by atoms with Gasteiger partial charge in [-0.05, 0) is 31.5 Å². The van der Waals surface area contributed by atoms with Crippen LogP contribution in [-0.4, -0.2) is 21.1 Å². The van der Waals surface area contributed by atoms with Crippen molar-refractivity contribution in [1.82, 2.24) is 15.3 Å². The molecule has 0 radical (unpaired) electrons. The second-order valence-electron chi connectivity index (χ2n) is 5.83. The molecule has 0 saturated heterocycles. The predicted molar refractivity (Wildman–Crippen MR) is 98.4 cm³/mol. The van der Waals surface area contributed by atoms with E-state index in [1.165, 1.54) is 17.3 Å². The number of aromatic amines is 1. The van der Waals surface area contributed by atoms with Crippen LogP contribution >= 0.6 is 11.8 Å². The van der Waals surface area contributed by atoms with Gasteiger partial charge in [0.2, 0.25) is 5.91 Å². The summed E-state index contributed by atoms with van der Waals surface area (Å²) in [5, 5.41) is 3.39. The monoisotopic (exact) mass is 355 g/mol. The van der Waals surface area contributed by atoms with E-state index < -0.39 is 0 Å². The number of rotatable bonds is 7. The van der Waals surface area contributed by atoms with Gasteiger partial charge in [0.25, 0.3) is 0 Å². The first-order valence-electron chi connectivity index (χ1n) is 8.18. The van der Waals surface area contributed by atoms with Gasteiger partial charge in [0.1, 0.15) is 5.76 Å². The average molecular weight is 355 g/mol. The van der Waals surface area contributed by atoms with E-state index in [9.17, 15) is 4.79 Å². The molecule has 0 bridgehead atoms. The maximum Gasteiger partial charge on any atom is 0.233 e. The first-order valence-corrected chi connectivity index (χ1v) is 9.06. The first-order chi connectivity index (χ1) is 12.1. The highest BCUT2D eigenvalue weighted by molar-refractivity contribution is 8.00. The molecule has 25 heavy (non-hydrogen) atoms. The Labute approximate surface area is 151 Å². The lowest BCUT2D eigenvalue weighted by Crippen LogP contribution is -2.30. The second kappa shape index (κ2) is 8.07. The highest BCUT2D eigenvalue weighted by Gasteiger charge is 2.17. The summed E-state index contributed by atoms with van der Waals surface area (Å²) in [6.07, 6.45) is 2.38. The zero-order valence-corrected chi connectivity index (χ0v) is 15.1. The van der Waals surface area contributed by atoms with Crippen molar-refractivity contribution in [2.24, 2.45) is 0 Å². The minimum absolute atomic E-state index is 0.0416. The van der Waals surface area contributed by atoms with Crippen molar-refractivity contribution in [2.75, 3.05) is 0 Å². The molecule has 6 heteroatoms. The van der Waals surface area contributed by atoms with Crippen molar-refractivity contribution in [3.8, 4) is 0 Å². The summed E-state index contributed by atoms with van der Waals surface area (Å²) in [6, 6.07) is 13.9. The number of thioether (sulfide) groups is 1. The molecule has 0 unspecified atom stereocenters. The Morgan fingerprint density at radius 1 is 1.28 bits per heavy atom. The number of hydrogen-bond acceptors (Lipinski definition) is 4. The molecule has 0 aliphatic rings. The van der Waals surface area contributed by atoms with Crippen LogP contribution in [0, 0.1) is 6.92 Å². The van der Waals surface area contributed by atoms with Gasteiger partial charge in [0.05, 0.1) is 23.8 Å². The van der Waals surface area contributed by atoms with Gasteiger partial charge in [-0.15, -0.1) is 0 Å². The average Bonchev–Trinajstić information content (AvgIpc) is 3.24. The van der Waals surface area contributed by atoms with Crippen LogP contribution in [0.1, 0.15) is 29.6 Å². The quantitative estimate of drug-likeness (QED) is 0.634. The predicted octanol–water partition coefficient (Wildman–Crippen LogP) is 3.70. The largest absolute Gasteiger partial charge is 0.467 e. The summed E-state index contributed by atoms with van der Waals surface area (Å²) >= 11 is 1.43. The maximum atomic E-state index is 12.2. The Hall–Kier alpha value is -2.47. The summed E-state index contributed by atoms with van der Waals surface area (Å²) < 4.78 is 5.22. The lowest BCUT2D eigenvalue weighted by Gasteiger charge is -2.09.